The first-order chi connectivity index (χ1) is 13.6. The van der Waals surface area contributed by atoms with Gasteiger partial charge in [-0.25, -0.2) is 0 Å². The number of carbonyl (C=O) groups is 1. The second-order valence-corrected chi connectivity index (χ2v) is 6.48. The summed E-state index contributed by atoms with van der Waals surface area (Å²) in [5.74, 6) is 1.62. The minimum Gasteiger partial charge on any atom is -0.481 e. The Bertz CT molecular complexity index is 1000. The van der Waals surface area contributed by atoms with Crippen LogP contribution in [0.15, 0.2) is 49.1 Å². The number of rotatable bonds is 6. The van der Waals surface area contributed by atoms with E-state index in [4.69, 9.17) is 14.2 Å². The molecule has 1 N–H and O–H groups in total. The molecular weight excluding hydrogens is 360 g/mol. The van der Waals surface area contributed by atoms with Crippen molar-refractivity contribution in [3.8, 4) is 28.4 Å². The molecule has 144 valence electrons. The van der Waals surface area contributed by atoms with E-state index in [1.807, 2.05) is 19.3 Å². The van der Waals surface area contributed by atoms with Crippen LogP contribution in [0.2, 0.25) is 0 Å². The van der Waals surface area contributed by atoms with Gasteiger partial charge in [-0.1, -0.05) is 0 Å². The fraction of sp³-hybridized carbons (Fsp3) is 0.250. The van der Waals surface area contributed by atoms with Crippen LogP contribution in [0.5, 0.6) is 17.2 Å². The molecule has 8 heteroatoms. The van der Waals surface area contributed by atoms with E-state index in [0.29, 0.717) is 23.8 Å². The lowest BCUT2D eigenvalue weighted by molar-refractivity contribution is -0.127. The molecule has 0 unspecified atom stereocenters. The van der Waals surface area contributed by atoms with Crippen LogP contribution in [0.4, 0.5) is 0 Å². The number of pyridine rings is 1. The van der Waals surface area contributed by atoms with Crippen molar-refractivity contribution in [2.75, 3.05) is 6.79 Å². The van der Waals surface area contributed by atoms with Gasteiger partial charge in [0.25, 0.3) is 5.91 Å². The van der Waals surface area contributed by atoms with E-state index in [0.717, 1.165) is 16.7 Å². The lowest BCUT2D eigenvalue weighted by Crippen LogP contribution is -2.35. The first-order valence-electron chi connectivity index (χ1n) is 8.85. The largest absolute Gasteiger partial charge is 0.481 e. The van der Waals surface area contributed by atoms with E-state index in [9.17, 15) is 4.79 Å². The Hall–Kier alpha value is -3.55. The molecule has 8 nitrogen and oxygen atoms in total. The summed E-state index contributed by atoms with van der Waals surface area (Å²) in [5, 5.41) is 7.04. The molecule has 0 radical (unpaired) electrons. The van der Waals surface area contributed by atoms with Crippen LogP contribution in [0.1, 0.15) is 12.5 Å². The SMILES string of the molecule is C[C@H](Oc1ccc2c(c1)OCO2)C(=O)NCc1cncc(-c2cnn(C)c2)c1. The normalized spacial score (nSPS) is 13.2. The average molecular weight is 380 g/mol. The molecule has 0 fully saturated rings. The van der Waals surface area contributed by atoms with Crippen molar-refractivity contribution in [1.29, 1.82) is 0 Å². The maximum absolute atomic E-state index is 12.4. The zero-order valence-corrected chi connectivity index (χ0v) is 15.6. The lowest BCUT2D eigenvalue weighted by Gasteiger charge is -2.15. The summed E-state index contributed by atoms with van der Waals surface area (Å²) in [6.45, 7) is 2.25. The summed E-state index contributed by atoms with van der Waals surface area (Å²) >= 11 is 0. The molecule has 1 atom stereocenters. The van der Waals surface area contributed by atoms with Crippen LogP contribution in [0, 0.1) is 0 Å². The van der Waals surface area contributed by atoms with Gasteiger partial charge in [0.2, 0.25) is 6.79 Å². The molecule has 4 rings (SSSR count). The van der Waals surface area contributed by atoms with Crippen molar-refractivity contribution < 1.29 is 19.0 Å². The molecule has 1 aromatic carbocycles. The van der Waals surface area contributed by atoms with Gasteiger partial charge < -0.3 is 19.5 Å². The highest BCUT2D eigenvalue weighted by molar-refractivity contribution is 5.80. The van der Waals surface area contributed by atoms with Gasteiger partial charge in [0.05, 0.1) is 6.20 Å². The minimum atomic E-state index is -0.658. The molecule has 3 heterocycles. The standard InChI is InChI=1S/C20H20N4O4/c1-13(28-17-3-4-18-19(6-17)27-12-26-18)20(25)22-8-14-5-15(9-21-7-14)16-10-23-24(2)11-16/h3-7,9-11,13H,8,12H2,1-2H3,(H,22,25)/t13-/m0/s1. The molecule has 1 aliphatic rings. The Kier molecular flexibility index (Phi) is 4.84. The Morgan fingerprint density at radius 1 is 1.21 bits per heavy atom. The molecule has 1 amide bonds. The van der Waals surface area contributed by atoms with Gasteiger partial charge in [-0.05, 0) is 30.7 Å². The summed E-state index contributed by atoms with van der Waals surface area (Å²) in [6, 6.07) is 7.21. The number of amides is 1. The lowest BCUT2D eigenvalue weighted by atomic mass is 10.1. The molecule has 0 spiro atoms. The van der Waals surface area contributed by atoms with Crippen LogP contribution in [-0.2, 0) is 18.4 Å². The summed E-state index contributed by atoms with van der Waals surface area (Å²) in [5.41, 5.74) is 2.82. The van der Waals surface area contributed by atoms with Gasteiger partial charge in [0.1, 0.15) is 5.75 Å². The fourth-order valence-electron chi connectivity index (χ4n) is 2.85. The number of hydrogen-bond acceptors (Lipinski definition) is 6. The Morgan fingerprint density at radius 2 is 2.07 bits per heavy atom. The minimum absolute atomic E-state index is 0.195. The van der Waals surface area contributed by atoms with Gasteiger partial charge in [0.15, 0.2) is 17.6 Å². The second kappa shape index (κ2) is 7.59. The van der Waals surface area contributed by atoms with Crippen molar-refractivity contribution in [2.24, 2.45) is 7.05 Å². The highest BCUT2D eigenvalue weighted by atomic mass is 16.7. The van der Waals surface area contributed by atoms with Gasteiger partial charge >= 0.3 is 0 Å². The molecule has 0 saturated heterocycles. The first-order valence-corrected chi connectivity index (χ1v) is 8.85. The number of aryl methyl sites for hydroxylation is 1. The van der Waals surface area contributed by atoms with Crippen LogP contribution < -0.4 is 19.5 Å². The van der Waals surface area contributed by atoms with E-state index in [1.54, 1.807) is 48.4 Å². The molecular formula is C20H20N4O4. The topological polar surface area (TPSA) is 87.5 Å². The Balaban J connectivity index is 1.35. The highest BCUT2D eigenvalue weighted by Gasteiger charge is 2.18. The maximum Gasteiger partial charge on any atom is 0.261 e. The quantitative estimate of drug-likeness (QED) is 0.706. The van der Waals surface area contributed by atoms with Gasteiger partial charge in [-0.3, -0.25) is 14.5 Å². The zero-order chi connectivity index (χ0) is 19.5. The second-order valence-electron chi connectivity index (χ2n) is 6.48. The Labute approximate surface area is 162 Å². The third kappa shape index (κ3) is 3.90. The number of nitrogens with zero attached hydrogens (tertiary/aromatic N) is 3. The van der Waals surface area contributed by atoms with Crippen molar-refractivity contribution in [3.63, 3.8) is 0 Å². The number of ether oxygens (including phenoxy) is 3. The van der Waals surface area contributed by atoms with Gasteiger partial charge in [-0.15, -0.1) is 0 Å². The summed E-state index contributed by atoms with van der Waals surface area (Å²) in [6.07, 6.45) is 6.54. The predicted molar refractivity (Wildman–Crippen MR) is 101 cm³/mol. The van der Waals surface area contributed by atoms with Crippen molar-refractivity contribution in [2.45, 2.75) is 19.6 Å². The summed E-state index contributed by atoms with van der Waals surface area (Å²) in [7, 11) is 1.86. The van der Waals surface area contributed by atoms with Crippen molar-refractivity contribution in [1.82, 2.24) is 20.1 Å². The monoisotopic (exact) mass is 380 g/mol. The molecule has 0 bridgehead atoms. The van der Waals surface area contributed by atoms with E-state index in [2.05, 4.69) is 15.4 Å². The van der Waals surface area contributed by atoms with Crippen LogP contribution in [0.3, 0.4) is 0 Å². The van der Waals surface area contributed by atoms with Crippen molar-refractivity contribution >= 4 is 5.91 Å². The number of carbonyl (C=O) groups excluding carboxylic acids is 1. The molecule has 0 saturated carbocycles. The summed E-state index contributed by atoms with van der Waals surface area (Å²) < 4.78 is 18.0. The average Bonchev–Trinajstić information content (AvgIpc) is 3.34. The highest BCUT2D eigenvalue weighted by Crippen LogP contribution is 2.35. The van der Waals surface area contributed by atoms with Crippen LogP contribution in [-0.4, -0.2) is 33.6 Å². The number of hydrogen-bond donors (Lipinski definition) is 1. The number of nitrogens with one attached hydrogen (secondary N) is 1. The molecule has 0 aliphatic carbocycles. The van der Waals surface area contributed by atoms with E-state index < -0.39 is 6.10 Å². The smallest absolute Gasteiger partial charge is 0.261 e. The fourth-order valence-corrected chi connectivity index (χ4v) is 2.85. The van der Waals surface area contributed by atoms with E-state index in [1.165, 1.54) is 0 Å². The Morgan fingerprint density at radius 3 is 2.89 bits per heavy atom. The third-order valence-electron chi connectivity index (χ3n) is 4.33. The first kappa shape index (κ1) is 17.8. The zero-order valence-electron chi connectivity index (χ0n) is 15.6. The molecule has 2 aromatic heterocycles. The van der Waals surface area contributed by atoms with E-state index >= 15 is 0 Å². The van der Waals surface area contributed by atoms with E-state index in [-0.39, 0.29) is 12.7 Å². The molecule has 1 aliphatic heterocycles. The van der Waals surface area contributed by atoms with Crippen molar-refractivity contribution in [3.05, 3.63) is 54.6 Å². The summed E-state index contributed by atoms with van der Waals surface area (Å²) in [4.78, 5) is 16.6. The van der Waals surface area contributed by atoms with Gasteiger partial charge in [0, 0.05) is 49.4 Å². The molecule has 28 heavy (non-hydrogen) atoms. The number of aromatic nitrogens is 3. The van der Waals surface area contributed by atoms with Gasteiger partial charge in [-0.2, -0.15) is 5.10 Å². The molecule has 3 aromatic rings. The number of benzene rings is 1. The predicted octanol–water partition coefficient (Wildman–Crippen LogP) is 2.29. The maximum atomic E-state index is 12.4. The third-order valence-corrected chi connectivity index (χ3v) is 4.33. The van der Waals surface area contributed by atoms with Crippen LogP contribution in [0.25, 0.3) is 11.1 Å². The van der Waals surface area contributed by atoms with Crippen LogP contribution >= 0.6 is 0 Å². The number of fused-ring (bicyclic) bond motifs is 1.